The molecule has 102 valence electrons. The third-order valence-electron chi connectivity index (χ3n) is 2.37. The van der Waals surface area contributed by atoms with Crippen molar-refractivity contribution in [2.45, 2.75) is 13.3 Å². The molecule has 0 radical (unpaired) electrons. The third-order valence-corrected chi connectivity index (χ3v) is 3.00. The molecule has 4 heteroatoms. The summed E-state index contributed by atoms with van der Waals surface area (Å²) >= 11 is 1.71. The number of benzene rings is 1. The zero-order valence-corrected chi connectivity index (χ0v) is 12.1. The average Bonchev–Trinajstić information content (AvgIpc) is 2.98. The van der Waals surface area contributed by atoms with E-state index in [0.717, 1.165) is 12.2 Å². The van der Waals surface area contributed by atoms with Crippen molar-refractivity contribution in [2.24, 2.45) is 0 Å². The Bertz CT molecular complexity index is 434. The molecule has 0 fully saturated rings. The smallest absolute Gasteiger partial charge is 0.216 e. The molecule has 0 unspecified atom stereocenters. The van der Waals surface area contributed by atoms with E-state index in [1.165, 1.54) is 12.5 Å². The highest BCUT2D eigenvalue weighted by atomic mass is 32.1. The third kappa shape index (κ3) is 7.26. The van der Waals surface area contributed by atoms with Gasteiger partial charge in [-0.1, -0.05) is 24.3 Å². The minimum Gasteiger partial charge on any atom is -0.497 e. The first-order chi connectivity index (χ1) is 9.22. The second-order valence-corrected chi connectivity index (χ2v) is 4.69. The van der Waals surface area contributed by atoms with E-state index in [-0.39, 0.29) is 5.91 Å². The topological polar surface area (TPSA) is 38.3 Å². The first-order valence-electron chi connectivity index (χ1n) is 6.07. The SMILES string of the molecule is COc1ccc(CCNC(C)=O)cc1.c1ccsc1. The van der Waals surface area contributed by atoms with Crippen LogP contribution in [-0.4, -0.2) is 19.6 Å². The maximum Gasteiger partial charge on any atom is 0.216 e. The number of rotatable bonds is 4. The molecule has 1 aromatic heterocycles. The number of thiophene rings is 1. The number of hydrogen-bond acceptors (Lipinski definition) is 3. The number of carbonyl (C=O) groups is 1. The van der Waals surface area contributed by atoms with Crippen LogP contribution in [0.15, 0.2) is 47.2 Å². The molecule has 0 atom stereocenters. The van der Waals surface area contributed by atoms with Gasteiger partial charge in [0.05, 0.1) is 7.11 Å². The van der Waals surface area contributed by atoms with Crippen LogP contribution < -0.4 is 10.1 Å². The summed E-state index contributed by atoms with van der Waals surface area (Å²) in [6.45, 7) is 2.20. The summed E-state index contributed by atoms with van der Waals surface area (Å²) in [5.74, 6) is 0.867. The molecule has 0 saturated carbocycles. The Morgan fingerprint density at radius 1 is 1.21 bits per heavy atom. The fourth-order valence-electron chi connectivity index (χ4n) is 1.40. The predicted molar refractivity (Wildman–Crippen MR) is 79.7 cm³/mol. The molecule has 0 spiro atoms. The van der Waals surface area contributed by atoms with Gasteiger partial charge in [-0.15, -0.1) is 0 Å². The molecule has 2 aromatic rings. The summed E-state index contributed by atoms with van der Waals surface area (Å²) in [6, 6.07) is 11.9. The van der Waals surface area contributed by atoms with Gasteiger partial charge in [-0.05, 0) is 34.9 Å². The maximum atomic E-state index is 10.6. The van der Waals surface area contributed by atoms with E-state index in [9.17, 15) is 4.79 Å². The van der Waals surface area contributed by atoms with Crippen molar-refractivity contribution in [1.29, 1.82) is 0 Å². The maximum absolute atomic E-state index is 10.6. The van der Waals surface area contributed by atoms with Crippen LogP contribution in [0.4, 0.5) is 0 Å². The Kier molecular flexibility index (Phi) is 7.35. The first-order valence-corrected chi connectivity index (χ1v) is 7.01. The number of nitrogens with one attached hydrogen (secondary N) is 1. The molecule has 1 amide bonds. The molecule has 1 heterocycles. The molecule has 3 nitrogen and oxygen atoms in total. The lowest BCUT2D eigenvalue weighted by atomic mass is 10.1. The summed E-state index contributed by atoms with van der Waals surface area (Å²) < 4.78 is 5.04. The van der Waals surface area contributed by atoms with Gasteiger partial charge in [0.1, 0.15) is 5.75 Å². The van der Waals surface area contributed by atoms with Crippen LogP contribution in [0, 0.1) is 0 Å². The van der Waals surface area contributed by atoms with Crippen LogP contribution in [0.25, 0.3) is 0 Å². The van der Waals surface area contributed by atoms with Crippen LogP contribution in [0.3, 0.4) is 0 Å². The highest BCUT2D eigenvalue weighted by Crippen LogP contribution is 2.11. The number of methoxy groups -OCH3 is 1. The van der Waals surface area contributed by atoms with Gasteiger partial charge < -0.3 is 10.1 Å². The van der Waals surface area contributed by atoms with Gasteiger partial charge in [0.15, 0.2) is 0 Å². The molecule has 0 aliphatic heterocycles. The van der Waals surface area contributed by atoms with Gasteiger partial charge in [-0.2, -0.15) is 11.3 Å². The molecule has 0 aliphatic rings. The Labute approximate surface area is 118 Å². The van der Waals surface area contributed by atoms with Crippen LogP contribution >= 0.6 is 11.3 Å². The summed E-state index contributed by atoms with van der Waals surface area (Å²) in [5, 5.41) is 6.84. The molecule has 0 saturated heterocycles. The fraction of sp³-hybridized carbons (Fsp3) is 0.267. The second-order valence-electron chi connectivity index (χ2n) is 3.87. The molecule has 2 rings (SSSR count). The van der Waals surface area contributed by atoms with Crippen LogP contribution in [-0.2, 0) is 11.2 Å². The molecule has 0 bridgehead atoms. The molecule has 0 aliphatic carbocycles. The summed E-state index contributed by atoms with van der Waals surface area (Å²) in [6.07, 6.45) is 0.851. The lowest BCUT2D eigenvalue weighted by Gasteiger charge is -2.03. The monoisotopic (exact) mass is 277 g/mol. The van der Waals surface area contributed by atoms with Crippen LogP contribution in [0.5, 0.6) is 5.75 Å². The number of carbonyl (C=O) groups excluding carboxylic acids is 1. The Balaban J connectivity index is 0.000000300. The number of hydrogen-bond donors (Lipinski definition) is 1. The summed E-state index contributed by atoms with van der Waals surface area (Å²) in [5.41, 5.74) is 1.19. The van der Waals surface area contributed by atoms with E-state index in [4.69, 9.17) is 4.74 Å². The minimum absolute atomic E-state index is 0.0125. The normalized spacial score (nSPS) is 9.16. The fourth-order valence-corrected chi connectivity index (χ4v) is 1.86. The second kappa shape index (κ2) is 9.16. The Morgan fingerprint density at radius 2 is 1.84 bits per heavy atom. The van der Waals surface area contributed by atoms with Crippen LogP contribution in [0.1, 0.15) is 12.5 Å². The summed E-state index contributed by atoms with van der Waals surface area (Å²) in [7, 11) is 1.65. The van der Waals surface area contributed by atoms with Gasteiger partial charge in [-0.3, -0.25) is 4.79 Å². The zero-order chi connectivity index (χ0) is 13.9. The predicted octanol–water partition coefficient (Wildman–Crippen LogP) is 3.12. The van der Waals surface area contributed by atoms with Crippen molar-refractivity contribution in [3.8, 4) is 5.75 Å². The van der Waals surface area contributed by atoms with Crippen molar-refractivity contribution < 1.29 is 9.53 Å². The van der Waals surface area contributed by atoms with Gasteiger partial charge in [0, 0.05) is 13.5 Å². The van der Waals surface area contributed by atoms with E-state index >= 15 is 0 Å². The molecule has 1 N–H and O–H groups in total. The van der Waals surface area contributed by atoms with E-state index in [0.29, 0.717) is 6.54 Å². The van der Waals surface area contributed by atoms with Crippen molar-refractivity contribution >= 4 is 17.2 Å². The Morgan fingerprint density at radius 3 is 2.26 bits per heavy atom. The molecule has 1 aromatic carbocycles. The lowest BCUT2D eigenvalue weighted by molar-refractivity contribution is -0.118. The largest absolute Gasteiger partial charge is 0.497 e. The van der Waals surface area contributed by atoms with Crippen molar-refractivity contribution in [2.75, 3.05) is 13.7 Å². The lowest BCUT2D eigenvalue weighted by Crippen LogP contribution is -2.22. The van der Waals surface area contributed by atoms with Gasteiger partial charge >= 0.3 is 0 Å². The van der Waals surface area contributed by atoms with Crippen molar-refractivity contribution in [3.05, 3.63) is 52.7 Å². The quantitative estimate of drug-likeness (QED) is 0.932. The van der Waals surface area contributed by atoms with Crippen molar-refractivity contribution in [3.63, 3.8) is 0 Å². The van der Waals surface area contributed by atoms with E-state index in [1.807, 2.05) is 47.2 Å². The standard InChI is InChI=1S/C11H15NO2.C4H4S/c1-9(13)12-8-7-10-3-5-11(14-2)6-4-10;1-2-4-5-3-1/h3-6H,7-8H2,1-2H3,(H,12,13);1-4H. The first kappa shape index (κ1) is 15.2. The summed E-state index contributed by atoms with van der Waals surface area (Å²) in [4.78, 5) is 10.6. The Hall–Kier alpha value is -1.81. The van der Waals surface area contributed by atoms with E-state index < -0.39 is 0 Å². The molecular formula is C15H19NO2S. The minimum atomic E-state index is 0.0125. The number of amides is 1. The molecule has 19 heavy (non-hydrogen) atoms. The van der Waals surface area contributed by atoms with Gasteiger partial charge in [0.25, 0.3) is 0 Å². The highest BCUT2D eigenvalue weighted by molar-refractivity contribution is 7.07. The van der Waals surface area contributed by atoms with Crippen molar-refractivity contribution in [1.82, 2.24) is 5.32 Å². The van der Waals surface area contributed by atoms with Crippen LogP contribution in [0.2, 0.25) is 0 Å². The molecular weight excluding hydrogens is 258 g/mol. The zero-order valence-electron chi connectivity index (χ0n) is 11.3. The number of ether oxygens (including phenoxy) is 1. The van der Waals surface area contributed by atoms with Gasteiger partial charge in [-0.25, -0.2) is 0 Å². The van der Waals surface area contributed by atoms with E-state index in [1.54, 1.807) is 18.4 Å². The average molecular weight is 277 g/mol. The van der Waals surface area contributed by atoms with Gasteiger partial charge in [0.2, 0.25) is 5.91 Å². The highest BCUT2D eigenvalue weighted by Gasteiger charge is 1.95. The van der Waals surface area contributed by atoms with E-state index in [2.05, 4.69) is 5.32 Å².